The van der Waals surface area contributed by atoms with E-state index in [4.69, 9.17) is 11.2 Å². The Morgan fingerprint density at radius 1 is 1.53 bits per heavy atom. The van der Waals surface area contributed by atoms with Crippen molar-refractivity contribution in [3.8, 4) is 12.3 Å². The van der Waals surface area contributed by atoms with Gasteiger partial charge in [0.25, 0.3) is 0 Å². The normalized spacial score (nSPS) is 16.4. The largest absolute Gasteiger partial charge is 0.389 e. The number of hydrogen-bond donors (Lipinski definition) is 2. The van der Waals surface area contributed by atoms with Crippen LogP contribution < -0.4 is 0 Å². The van der Waals surface area contributed by atoms with Gasteiger partial charge in [-0.3, -0.25) is 0 Å². The molecule has 0 spiro atoms. The molecule has 0 aliphatic rings. The Balaban J connectivity index is 4.18. The second kappa shape index (κ2) is 8.49. The monoisotopic (exact) mass is 212 g/mol. The molecule has 3 heteroatoms. The van der Waals surface area contributed by atoms with Crippen LogP contribution in [0.3, 0.4) is 0 Å². The van der Waals surface area contributed by atoms with Gasteiger partial charge in [0.1, 0.15) is 12.2 Å². The van der Waals surface area contributed by atoms with E-state index in [1.54, 1.807) is 0 Å². The zero-order valence-electron chi connectivity index (χ0n) is 9.22. The Morgan fingerprint density at radius 3 is 2.67 bits per heavy atom. The van der Waals surface area contributed by atoms with Crippen molar-refractivity contribution in [1.82, 2.24) is 0 Å². The van der Waals surface area contributed by atoms with E-state index in [-0.39, 0.29) is 6.42 Å². The highest BCUT2D eigenvalue weighted by molar-refractivity contribution is 4.95. The van der Waals surface area contributed by atoms with E-state index >= 15 is 0 Å². The highest BCUT2D eigenvalue weighted by Gasteiger charge is 2.24. The predicted molar refractivity (Wildman–Crippen MR) is 60.3 cm³/mol. The molecule has 0 bridgehead atoms. The number of hydrogen-bond acceptors (Lipinski definition) is 3. The summed E-state index contributed by atoms with van der Waals surface area (Å²) in [7, 11) is 0. The summed E-state index contributed by atoms with van der Waals surface area (Å²) in [5.74, 6) is 2.34. The Hall–Kier alpha value is -0.820. The number of rotatable bonds is 8. The maximum atomic E-state index is 9.63. The summed E-state index contributed by atoms with van der Waals surface area (Å²) in [6, 6.07) is 0. The van der Waals surface area contributed by atoms with E-state index in [0.29, 0.717) is 6.61 Å². The topological polar surface area (TPSA) is 49.7 Å². The van der Waals surface area contributed by atoms with Crippen LogP contribution in [-0.2, 0) is 4.74 Å². The lowest BCUT2D eigenvalue weighted by Crippen LogP contribution is -2.38. The first-order valence-corrected chi connectivity index (χ1v) is 5.21. The predicted octanol–water partition coefficient (Wildman–Crippen LogP) is 1.10. The van der Waals surface area contributed by atoms with E-state index in [0.717, 1.165) is 12.8 Å². The van der Waals surface area contributed by atoms with E-state index in [1.807, 2.05) is 6.92 Å². The van der Waals surface area contributed by atoms with E-state index < -0.39 is 18.3 Å². The average molecular weight is 212 g/mol. The molecule has 86 valence electrons. The molecule has 2 N–H and O–H groups in total. The first-order chi connectivity index (χ1) is 7.17. The van der Waals surface area contributed by atoms with Gasteiger partial charge in [0.05, 0.1) is 6.10 Å². The molecule has 0 unspecified atom stereocenters. The second-order valence-electron chi connectivity index (χ2n) is 3.39. The van der Waals surface area contributed by atoms with E-state index in [2.05, 4.69) is 12.5 Å². The third kappa shape index (κ3) is 5.58. The summed E-state index contributed by atoms with van der Waals surface area (Å²) in [6.07, 6.45) is 6.09. The molecule has 0 saturated carbocycles. The molecule has 3 nitrogen and oxygen atoms in total. The molecule has 0 radical (unpaired) electrons. The fraction of sp³-hybridized carbons (Fsp3) is 0.667. The van der Waals surface area contributed by atoms with Crippen LogP contribution in [-0.4, -0.2) is 35.1 Å². The molecule has 0 aliphatic heterocycles. The Labute approximate surface area is 91.8 Å². The summed E-state index contributed by atoms with van der Waals surface area (Å²) < 4.78 is 5.38. The SMILES string of the molecule is C#CC[C@@H](O)[C@@H](OCCCC)[C@H](O)C=C. The fourth-order valence-corrected chi connectivity index (χ4v) is 1.17. The van der Waals surface area contributed by atoms with Crippen LogP contribution in [0.4, 0.5) is 0 Å². The first kappa shape index (κ1) is 14.2. The zero-order valence-corrected chi connectivity index (χ0v) is 9.22. The van der Waals surface area contributed by atoms with Gasteiger partial charge in [0.2, 0.25) is 0 Å². The van der Waals surface area contributed by atoms with Crippen molar-refractivity contribution in [1.29, 1.82) is 0 Å². The van der Waals surface area contributed by atoms with Crippen LogP contribution in [0.1, 0.15) is 26.2 Å². The highest BCUT2D eigenvalue weighted by Crippen LogP contribution is 2.10. The van der Waals surface area contributed by atoms with Crippen LogP contribution in [0, 0.1) is 12.3 Å². The van der Waals surface area contributed by atoms with E-state index in [1.165, 1.54) is 6.08 Å². The number of terminal acetylenes is 1. The van der Waals surface area contributed by atoms with Crippen LogP contribution in [0.5, 0.6) is 0 Å². The molecule has 0 aromatic heterocycles. The molecule has 0 aliphatic carbocycles. The van der Waals surface area contributed by atoms with Gasteiger partial charge in [-0.25, -0.2) is 0 Å². The highest BCUT2D eigenvalue weighted by atomic mass is 16.5. The summed E-state index contributed by atoms with van der Waals surface area (Å²) in [4.78, 5) is 0. The molecule has 0 saturated heterocycles. The van der Waals surface area contributed by atoms with Gasteiger partial charge < -0.3 is 14.9 Å². The van der Waals surface area contributed by atoms with Crippen molar-refractivity contribution in [2.24, 2.45) is 0 Å². The van der Waals surface area contributed by atoms with Crippen molar-refractivity contribution in [3.63, 3.8) is 0 Å². The van der Waals surface area contributed by atoms with Gasteiger partial charge in [-0.05, 0) is 6.42 Å². The van der Waals surface area contributed by atoms with Gasteiger partial charge in [0.15, 0.2) is 0 Å². The number of aliphatic hydroxyl groups is 2. The molecule has 15 heavy (non-hydrogen) atoms. The zero-order chi connectivity index (χ0) is 11.7. The number of aliphatic hydroxyl groups excluding tert-OH is 2. The van der Waals surface area contributed by atoms with E-state index in [9.17, 15) is 10.2 Å². The standard InChI is InChI=1S/C12H20O3/c1-4-7-9-15-12(10(13)6-3)11(14)8-5-2/h2,6,10-14H,3-4,7-9H2,1H3/t10-,11-,12+/m1/s1. The number of ether oxygens (including phenoxy) is 1. The van der Waals surface area contributed by atoms with Crippen LogP contribution in [0.25, 0.3) is 0 Å². The van der Waals surface area contributed by atoms with Crippen molar-refractivity contribution < 1.29 is 14.9 Å². The minimum absolute atomic E-state index is 0.168. The second-order valence-corrected chi connectivity index (χ2v) is 3.39. The van der Waals surface area contributed by atoms with Crippen molar-refractivity contribution in [2.45, 2.75) is 44.5 Å². The third-order valence-corrected chi connectivity index (χ3v) is 2.09. The van der Waals surface area contributed by atoms with Crippen molar-refractivity contribution in [2.75, 3.05) is 6.61 Å². The van der Waals surface area contributed by atoms with Crippen molar-refractivity contribution in [3.05, 3.63) is 12.7 Å². The molecule has 0 heterocycles. The molecule has 0 rings (SSSR count). The maximum absolute atomic E-state index is 9.63. The van der Waals surface area contributed by atoms with Gasteiger partial charge in [-0.2, -0.15) is 0 Å². The average Bonchev–Trinajstić information content (AvgIpc) is 2.23. The van der Waals surface area contributed by atoms with Crippen LogP contribution >= 0.6 is 0 Å². The third-order valence-electron chi connectivity index (χ3n) is 2.09. The maximum Gasteiger partial charge on any atom is 0.114 e. The Kier molecular flexibility index (Phi) is 8.02. The van der Waals surface area contributed by atoms with Gasteiger partial charge >= 0.3 is 0 Å². The molecule has 0 aromatic carbocycles. The van der Waals surface area contributed by atoms with Crippen LogP contribution in [0.2, 0.25) is 0 Å². The number of unbranched alkanes of at least 4 members (excludes halogenated alkanes) is 1. The smallest absolute Gasteiger partial charge is 0.114 e. The quantitative estimate of drug-likeness (QED) is 0.360. The Morgan fingerprint density at radius 2 is 2.20 bits per heavy atom. The van der Waals surface area contributed by atoms with Gasteiger partial charge in [0, 0.05) is 13.0 Å². The lowest BCUT2D eigenvalue weighted by molar-refractivity contribution is -0.0839. The minimum atomic E-state index is -0.884. The van der Waals surface area contributed by atoms with Crippen molar-refractivity contribution >= 4 is 0 Å². The molecule has 0 aromatic rings. The van der Waals surface area contributed by atoms with Crippen LogP contribution in [0.15, 0.2) is 12.7 Å². The molecule has 0 fully saturated rings. The van der Waals surface area contributed by atoms with Gasteiger partial charge in [-0.1, -0.05) is 19.4 Å². The summed E-state index contributed by atoms with van der Waals surface area (Å²) in [5.41, 5.74) is 0. The lowest BCUT2D eigenvalue weighted by atomic mass is 10.1. The Bertz CT molecular complexity index is 207. The summed E-state index contributed by atoms with van der Waals surface area (Å²) in [6.45, 7) is 6.01. The molecule has 0 amide bonds. The first-order valence-electron chi connectivity index (χ1n) is 5.21. The summed E-state index contributed by atoms with van der Waals surface area (Å²) >= 11 is 0. The molecule has 3 atom stereocenters. The minimum Gasteiger partial charge on any atom is -0.389 e. The lowest BCUT2D eigenvalue weighted by Gasteiger charge is -2.24. The fourth-order valence-electron chi connectivity index (χ4n) is 1.17. The molecular formula is C12H20O3. The van der Waals surface area contributed by atoms with Gasteiger partial charge in [-0.15, -0.1) is 18.9 Å². The molecular weight excluding hydrogens is 192 g/mol. The summed E-state index contributed by atoms with van der Waals surface area (Å²) in [5, 5.41) is 19.2.